The number of carbonyl (C=O) groups is 4. The Balaban J connectivity index is 1.83. The molecule has 25 heavy (non-hydrogen) atoms. The molecular formula is C17H18BrNO6. The highest BCUT2D eigenvalue weighted by atomic mass is 79.9. The van der Waals surface area contributed by atoms with Gasteiger partial charge in [0.1, 0.15) is 10.1 Å². The first-order chi connectivity index (χ1) is 11.7. The second-order valence-corrected chi connectivity index (χ2v) is 8.03. The van der Waals surface area contributed by atoms with Crippen LogP contribution < -0.4 is 4.74 Å². The number of nitrogens with zero attached hydrogens (tertiary/aromatic N) is 1. The van der Waals surface area contributed by atoms with Gasteiger partial charge in [-0.1, -0.05) is 28.1 Å². The summed E-state index contributed by atoms with van der Waals surface area (Å²) in [5.74, 6) is -1.67. The third kappa shape index (κ3) is 5.38. The summed E-state index contributed by atoms with van der Waals surface area (Å²) in [5, 5.41) is 0.535. The average Bonchev–Trinajstić information content (AvgIpc) is 2.85. The Hall–Kier alpha value is -2.22. The van der Waals surface area contributed by atoms with Gasteiger partial charge >= 0.3 is 11.9 Å². The fourth-order valence-electron chi connectivity index (χ4n) is 2.00. The van der Waals surface area contributed by atoms with Gasteiger partial charge in [0.25, 0.3) is 11.8 Å². The van der Waals surface area contributed by atoms with E-state index < -0.39 is 28.1 Å². The van der Waals surface area contributed by atoms with Gasteiger partial charge in [-0.15, -0.1) is 5.06 Å². The zero-order valence-corrected chi connectivity index (χ0v) is 15.5. The normalized spacial score (nSPS) is 14.6. The molecule has 0 spiro atoms. The molecule has 1 aliphatic heterocycles. The molecule has 0 aliphatic carbocycles. The van der Waals surface area contributed by atoms with Crippen molar-refractivity contribution in [1.82, 2.24) is 5.06 Å². The number of esters is 1. The van der Waals surface area contributed by atoms with E-state index in [4.69, 9.17) is 9.57 Å². The second kappa shape index (κ2) is 7.77. The summed E-state index contributed by atoms with van der Waals surface area (Å²) in [6, 6.07) is 6.71. The van der Waals surface area contributed by atoms with Crippen molar-refractivity contribution in [2.75, 3.05) is 0 Å². The van der Waals surface area contributed by atoms with Crippen LogP contribution in [0.25, 0.3) is 0 Å². The number of benzene rings is 1. The van der Waals surface area contributed by atoms with Gasteiger partial charge in [0.15, 0.2) is 0 Å². The van der Waals surface area contributed by atoms with Crippen LogP contribution in [0.4, 0.5) is 0 Å². The Morgan fingerprint density at radius 2 is 1.68 bits per heavy atom. The smallest absolute Gasteiger partial charge is 0.333 e. The molecule has 0 radical (unpaired) electrons. The fraction of sp³-hybridized carbons (Fsp3) is 0.412. The van der Waals surface area contributed by atoms with Gasteiger partial charge in [0.2, 0.25) is 0 Å². The molecule has 8 heteroatoms. The molecule has 0 bridgehead atoms. The van der Waals surface area contributed by atoms with E-state index in [2.05, 4.69) is 15.9 Å². The topological polar surface area (TPSA) is 90.0 Å². The lowest BCUT2D eigenvalue weighted by atomic mass is 10.1. The molecule has 2 rings (SSSR count). The van der Waals surface area contributed by atoms with Crippen LogP contribution >= 0.6 is 15.9 Å². The average molecular weight is 412 g/mol. The lowest BCUT2D eigenvalue weighted by molar-refractivity contribution is -0.197. The highest BCUT2D eigenvalue weighted by Crippen LogP contribution is 2.21. The predicted molar refractivity (Wildman–Crippen MR) is 90.6 cm³/mol. The van der Waals surface area contributed by atoms with E-state index in [0.717, 1.165) is 5.56 Å². The van der Waals surface area contributed by atoms with E-state index in [0.29, 0.717) is 17.2 Å². The third-order valence-electron chi connectivity index (χ3n) is 3.44. The number of aryl methyl sites for hydroxylation is 1. The van der Waals surface area contributed by atoms with E-state index in [1.807, 2.05) is 0 Å². The first kappa shape index (κ1) is 19.1. The third-order valence-corrected chi connectivity index (χ3v) is 3.76. The Bertz CT molecular complexity index is 676. The van der Waals surface area contributed by atoms with Crippen molar-refractivity contribution in [2.24, 2.45) is 0 Å². The molecule has 2 amide bonds. The summed E-state index contributed by atoms with van der Waals surface area (Å²) in [5.41, 5.74) is 0.828. The van der Waals surface area contributed by atoms with E-state index in [-0.39, 0.29) is 19.3 Å². The number of hydrogen-bond donors (Lipinski definition) is 0. The lowest BCUT2D eigenvalue weighted by Crippen LogP contribution is -2.32. The zero-order valence-electron chi connectivity index (χ0n) is 13.9. The number of imide groups is 1. The maximum atomic E-state index is 11.8. The van der Waals surface area contributed by atoms with Crippen molar-refractivity contribution in [3.63, 3.8) is 0 Å². The molecule has 0 saturated carbocycles. The first-order valence-electron chi connectivity index (χ1n) is 7.73. The van der Waals surface area contributed by atoms with Crippen LogP contribution in [0.3, 0.4) is 0 Å². The van der Waals surface area contributed by atoms with E-state index in [9.17, 15) is 19.2 Å². The summed E-state index contributed by atoms with van der Waals surface area (Å²) in [7, 11) is 0. The maximum absolute atomic E-state index is 11.8. The van der Waals surface area contributed by atoms with Crippen molar-refractivity contribution < 1.29 is 28.8 Å². The van der Waals surface area contributed by atoms with Crippen LogP contribution in [0, 0.1) is 0 Å². The molecule has 0 atom stereocenters. The molecule has 134 valence electrons. The van der Waals surface area contributed by atoms with E-state index in [1.165, 1.54) is 0 Å². The summed E-state index contributed by atoms with van der Waals surface area (Å²) >= 11 is 3.22. The monoisotopic (exact) mass is 411 g/mol. The molecule has 0 unspecified atom stereocenters. The molecule has 1 heterocycles. The lowest BCUT2D eigenvalue weighted by Gasteiger charge is -2.14. The molecule has 0 N–H and O–H groups in total. The molecule has 1 aromatic carbocycles. The predicted octanol–water partition coefficient (Wildman–Crippen LogP) is 2.31. The fourth-order valence-corrected chi connectivity index (χ4v) is 2.09. The molecule has 7 nitrogen and oxygen atoms in total. The maximum Gasteiger partial charge on any atom is 0.333 e. The molecule has 1 aromatic rings. The summed E-state index contributed by atoms with van der Waals surface area (Å²) in [6.45, 7) is 3.37. The number of amides is 2. The van der Waals surface area contributed by atoms with Gasteiger partial charge in [0.05, 0.1) is 6.42 Å². The first-order valence-corrected chi connectivity index (χ1v) is 8.53. The number of alkyl halides is 1. The minimum absolute atomic E-state index is 0.0185. The largest absolute Gasteiger partial charge is 0.426 e. The van der Waals surface area contributed by atoms with Gasteiger partial charge in [-0.3, -0.25) is 14.4 Å². The van der Waals surface area contributed by atoms with E-state index in [1.54, 1.807) is 38.1 Å². The number of ether oxygens (including phenoxy) is 1. The SMILES string of the molecule is CC(C)(Br)C(=O)Oc1ccc(CCC(=O)ON2C(=O)CCC2=O)cc1. The number of hydroxylamine groups is 2. The van der Waals surface area contributed by atoms with Crippen molar-refractivity contribution in [3.8, 4) is 5.75 Å². The Morgan fingerprint density at radius 3 is 2.20 bits per heavy atom. The van der Waals surface area contributed by atoms with Crippen LogP contribution in [0.5, 0.6) is 5.75 Å². The molecule has 0 aromatic heterocycles. The zero-order chi connectivity index (χ0) is 18.6. The standard InChI is InChI=1S/C17H18BrNO6/c1-17(2,18)16(23)24-12-6-3-11(4-7-12)5-10-15(22)25-19-13(20)8-9-14(19)21/h3-4,6-7H,5,8-10H2,1-2H3. The van der Waals surface area contributed by atoms with Gasteiger partial charge in [0, 0.05) is 12.8 Å². The van der Waals surface area contributed by atoms with Crippen molar-refractivity contribution >= 4 is 39.7 Å². The van der Waals surface area contributed by atoms with Gasteiger partial charge < -0.3 is 9.57 Å². The number of halogens is 1. The molecule has 1 fully saturated rings. The summed E-state index contributed by atoms with van der Waals surface area (Å²) < 4.78 is 4.43. The van der Waals surface area contributed by atoms with E-state index >= 15 is 0 Å². The van der Waals surface area contributed by atoms with Crippen LogP contribution in [0.2, 0.25) is 0 Å². The van der Waals surface area contributed by atoms with Crippen LogP contribution in [-0.2, 0) is 30.4 Å². The van der Waals surface area contributed by atoms with Crippen molar-refractivity contribution in [3.05, 3.63) is 29.8 Å². The van der Waals surface area contributed by atoms with Crippen LogP contribution in [0.15, 0.2) is 24.3 Å². The van der Waals surface area contributed by atoms with Crippen molar-refractivity contribution in [2.45, 2.75) is 43.9 Å². The minimum Gasteiger partial charge on any atom is -0.426 e. The number of rotatable bonds is 6. The Morgan fingerprint density at radius 1 is 1.12 bits per heavy atom. The van der Waals surface area contributed by atoms with Gasteiger partial charge in [-0.05, 0) is 38.0 Å². The Kier molecular flexibility index (Phi) is 5.94. The van der Waals surface area contributed by atoms with Crippen LogP contribution in [0.1, 0.15) is 38.7 Å². The number of carbonyl (C=O) groups excluding carboxylic acids is 4. The number of hydrogen-bond acceptors (Lipinski definition) is 6. The van der Waals surface area contributed by atoms with Crippen LogP contribution in [-0.4, -0.2) is 33.1 Å². The van der Waals surface area contributed by atoms with Gasteiger partial charge in [-0.25, -0.2) is 4.79 Å². The Labute approximate surface area is 153 Å². The summed E-state index contributed by atoms with van der Waals surface area (Å²) in [4.78, 5) is 51.0. The molecule has 1 saturated heterocycles. The minimum atomic E-state index is -0.778. The second-order valence-electron chi connectivity index (χ2n) is 6.05. The molecular weight excluding hydrogens is 394 g/mol. The summed E-state index contributed by atoms with van der Waals surface area (Å²) in [6.07, 6.45) is 0.521. The van der Waals surface area contributed by atoms with Crippen molar-refractivity contribution in [1.29, 1.82) is 0 Å². The van der Waals surface area contributed by atoms with Gasteiger partial charge in [-0.2, -0.15) is 0 Å². The highest BCUT2D eigenvalue weighted by Gasteiger charge is 2.32. The molecule has 1 aliphatic rings. The highest BCUT2D eigenvalue weighted by molar-refractivity contribution is 9.10. The quantitative estimate of drug-likeness (QED) is 0.308.